The summed E-state index contributed by atoms with van der Waals surface area (Å²) in [6.45, 7) is 7.81. The monoisotopic (exact) mass is 361 g/mol. The van der Waals surface area contributed by atoms with E-state index in [1.54, 1.807) is 17.4 Å². The van der Waals surface area contributed by atoms with Crippen LogP contribution in [0.2, 0.25) is 0 Å². The molecule has 25 heavy (non-hydrogen) atoms. The van der Waals surface area contributed by atoms with Gasteiger partial charge in [0, 0.05) is 41.7 Å². The smallest absolute Gasteiger partial charge is 0.227 e. The van der Waals surface area contributed by atoms with Gasteiger partial charge in [-0.1, -0.05) is 13.8 Å². The Hall–Kier alpha value is -1.43. The summed E-state index contributed by atoms with van der Waals surface area (Å²) in [5, 5.41) is 4.05. The van der Waals surface area contributed by atoms with E-state index in [1.807, 2.05) is 16.8 Å². The second-order valence-electron chi connectivity index (χ2n) is 7.51. The van der Waals surface area contributed by atoms with Crippen molar-refractivity contribution in [2.75, 3.05) is 13.1 Å². The topological polar surface area (TPSA) is 21.7 Å². The fourth-order valence-electron chi connectivity index (χ4n) is 4.13. The molecule has 0 spiro atoms. The van der Waals surface area contributed by atoms with Crippen molar-refractivity contribution in [2.24, 2.45) is 11.8 Å². The molecule has 134 valence electrons. The Bertz CT molecular complexity index is 724. The van der Waals surface area contributed by atoms with Gasteiger partial charge in [-0.15, -0.1) is 0 Å². The van der Waals surface area contributed by atoms with Crippen LogP contribution in [0.15, 0.2) is 29.0 Å². The molecule has 3 unspecified atom stereocenters. The highest BCUT2D eigenvalue weighted by Gasteiger charge is 2.28. The SMILES string of the molecule is CC1CC(C)CN(Cc2cc(F)cc3c2OC(c2ccsc2)OC3)C1. The zero-order valence-electron chi connectivity index (χ0n) is 14.7. The minimum Gasteiger partial charge on any atom is -0.460 e. The molecule has 5 heteroatoms. The van der Waals surface area contributed by atoms with E-state index < -0.39 is 6.29 Å². The largest absolute Gasteiger partial charge is 0.460 e. The third-order valence-electron chi connectivity index (χ3n) is 4.98. The van der Waals surface area contributed by atoms with Gasteiger partial charge in [0.1, 0.15) is 11.6 Å². The van der Waals surface area contributed by atoms with Gasteiger partial charge in [-0.3, -0.25) is 4.90 Å². The first-order valence-corrected chi connectivity index (χ1v) is 9.86. The van der Waals surface area contributed by atoms with Gasteiger partial charge in [-0.2, -0.15) is 11.3 Å². The van der Waals surface area contributed by atoms with Gasteiger partial charge in [0.2, 0.25) is 6.29 Å². The van der Waals surface area contributed by atoms with Crippen molar-refractivity contribution >= 4 is 11.3 Å². The molecule has 0 radical (unpaired) electrons. The van der Waals surface area contributed by atoms with Crippen molar-refractivity contribution in [1.82, 2.24) is 4.90 Å². The van der Waals surface area contributed by atoms with E-state index in [0.717, 1.165) is 42.1 Å². The van der Waals surface area contributed by atoms with Crippen molar-refractivity contribution in [3.8, 4) is 5.75 Å². The average molecular weight is 361 g/mol. The average Bonchev–Trinajstić information content (AvgIpc) is 3.08. The molecule has 0 saturated carbocycles. The molecule has 1 aromatic carbocycles. The maximum absolute atomic E-state index is 14.1. The van der Waals surface area contributed by atoms with Gasteiger partial charge in [0.25, 0.3) is 0 Å². The van der Waals surface area contributed by atoms with E-state index in [9.17, 15) is 4.39 Å². The van der Waals surface area contributed by atoms with Crippen molar-refractivity contribution in [2.45, 2.75) is 39.7 Å². The molecule has 0 bridgehead atoms. The fraction of sp³-hybridized carbons (Fsp3) is 0.500. The highest BCUT2D eigenvalue weighted by Crippen LogP contribution is 2.38. The lowest BCUT2D eigenvalue weighted by Crippen LogP contribution is -2.38. The quantitative estimate of drug-likeness (QED) is 0.770. The first-order chi connectivity index (χ1) is 12.1. The number of likely N-dealkylation sites (tertiary alicyclic amines) is 1. The van der Waals surface area contributed by atoms with Gasteiger partial charge < -0.3 is 9.47 Å². The third kappa shape index (κ3) is 3.73. The molecule has 1 saturated heterocycles. The number of hydrogen-bond donors (Lipinski definition) is 0. The molecule has 0 N–H and O–H groups in total. The summed E-state index contributed by atoms with van der Waals surface area (Å²) in [7, 11) is 0. The highest BCUT2D eigenvalue weighted by atomic mass is 32.1. The van der Waals surface area contributed by atoms with Gasteiger partial charge in [-0.25, -0.2) is 4.39 Å². The van der Waals surface area contributed by atoms with Gasteiger partial charge in [-0.05, 0) is 41.8 Å². The first kappa shape index (κ1) is 17.0. The van der Waals surface area contributed by atoms with Crippen molar-refractivity contribution < 1.29 is 13.9 Å². The van der Waals surface area contributed by atoms with E-state index >= 15 is 0 Å². The summed E-state index contributed by atoms with van der Waals surface area (Å²) in [6, 6.07) is 5.17. The lowest BCUT2D eigenvalue weighted by molar-refractivity contribution is -0.112. The number of thiophene rings is 1. The number of halogens is 1. The fourth-order valence-corrected chi connectivity index (χ4v) is 4.79. The Balaban J connectivity index is 1.59. The predicted molar refractivity (Wildman–Crippen MR) is 97.1 cm³/mol. The minimum atomic E-state index is -0.401. The van der Waals surface area contributed by atoms with Crippen molar-refractivity contribution in [3.63, 3.8) is 0 Å². The molecule has 1 fully saturated rings. The van der Waals surface area contributed by atoms with Crippen LogP contribution in [-0.4, -0.2) is 18.0 Å². The maximum atomic E-state index is 14.1. The second kappa shape index (κ2) is 7.06. The second-order valence-corrected chi connectivity index (χ2v) is 8.29. The van der Waals surface area contributed by atoms with Crippen LogP contribution in [0.4, 0.5) is 4.39 Å². The Morgan fingerprint density at radius 3 is 2.76 bits per heavy atom. The number of fused-ring (bicyclic) bond motifs is 1. The van der Waals surface area contributed by atoms with Crippen molar-refractivity contribution in [1.29, 1.82) is 0 Å². The number of hydrogen-bond acceptors (Lipinski definition) is 4. The maximum Gasteiger partial charge on any atom is 0.227 e. The zero-order chi connectivity index (χ0) is 17.4. The number of ether oxygens (including phenoxy) is 2. The lowest BCUT2D eigenvalue weighted by Gasteiger charge is -2.36. The van der Waals surface area contributed by atoms with Gasteiger partial charge >= 0.3 is 0 Å². The summed E-state index contributed by atoms with van der Waals surface area (Å²) in [5.74, 6) is 1.94. The molecule has 2 aliphatic rings. The minimum absolute atomic E-state index is 0.215. The molecule has 4 rings (SSSR count). The number of benzene rings is 1. The highest BCUT2D eigenvalue weighted by molar-refractivity contribution is 7.07. The van der Waals surface area contributed by atoms with Gasteiger partial charge in [0.05, 0.1) is 6.61 Å². The van der Waals surface area contributed by atoms with Crippen LogP contribution >= 0.6 is 11.3 Å². The normalized spacial score (nSPS) is 26.9. The van der Waals surface area contributed by atoms with Crippen LogP contribution in [0.25, 0.3) is 0 Å². The van der Waals surface area contributed by atoms with Gasteiger partial charge in [0.15, 0.2) is 0 Å². The summed E-state index contributed by atoms with van der Waals surface area (Å²) >= 11 is 1.62. The van der Waals surface area contributed by atoms with E-state index in [0.29, 0.717) is 18.4 Å². The van der Waals surface area contributed by atoms with Crippen LogP contribution in [0.1, 0.15) is 43.2 Å². The van der Waals surface area contributed by atoms with E-state index in [-0.39, 0.29) is 5.82 Å². The summed E-state index contributed by atoms with van der Waals surface area (Å²) in [5.41, 5.74) is 2.76. The standard InChI is InChI=1S/C20H24FNO2S/c1-13-5-14(2)9-22(8-13)10-16-6-18(21)7-17-11-23-20(24-19(16)17)15-3-4-25-12-15/h3-4,6-7,12-14,20H,5,8-11H2,1-2H3. The number of rotatable bonds is 3. The van der Waals surface area contributed by atoms with Crippen LogP contribution in [0.5, 0.6) is 5.75 Å². The molecule has 0 aliphatic carbocycles. The number of piperidine rings is 1. The van der Waals surface area contributed by atoms with Crippen molar-refractivity contribution in [3.05, 3.63) is 51.5 Å². The van der Waals surface area contributed by atoms with Crippen LogP contribution in [0, 0.1) is 17.7 Å². The van der Waals surface area contributed by atoms with E-state index in [1.165, 1.54) is 12.5 Å². The molecule has 3 atom stereocenters. The Morgan fingerprint density at radius 2 is 2.04 bits per heavy atom. The first-order valence-electron chi connectivity index (χ1n) is 8.92. The molecule has 2 aromatic rings. The molecule has 3 nitrogen and oxygen atoms in total. The molecule has 2 aliphatic heterocycles. The number of nitrogens with zero attached hydrogens (tertiary/aromatic N) is 1. The summed E-state index contributed by atoms with van der Waals surface area (Å²) in [4.78, 5) is 2.42. The molecular formula is C20H24FNO2S. The predicted octanol–water partition coefficient (Wildman–Crippen LogP) is 4.97. The molecule has 0 amide bonds. The Morgan fingerprint density at radius 1 is 1.24 bits per heavy atom. The summed E-state index contributed by atoms with van der Waals surface area (Å²) < 4.78 is 26.0. The Labute approximate surface area is 152 Å². The van der Waals surface area contributed by atoms with Crippen LogP contribution < -0.4 is 4.74 Å². The zero-order valence-corrected chi connectivity index (χ0v) is 15.5. The van der Waals surface area contributed by atoms with E-state index in [2.05, 4.69) is 18.7 Å². The third-order valence-corrected chi connectivity index (χ3v) is 5.68. The van der Waals surface area contributed by atoms with Crippen LogP contribution in [0.3, 0.4) is 0 Å². The molecule has 3 heterocycles. The molecular weight excluding hydrogens is 337 g/mol. The summed E-state index contributed by atoms with van der Waals surface area (Å²) in [6.07, 6.45) is 0.865. The van der Waals surface area contributed by atoms with E-state index in [4.69, 9.17) is 9.47 Å². The Kier molecular flexibility index (Phi) is 4.80. The lowest BCUT2D eigenvalue weighted by atomic mass is 9.91. The molecule has 1 aromatic heterocycles. The van der Waals surface area contributed by atoms with Crippen LogP contribution in [-0.2, 0) is 17.9 Å².